The van der Waals surface area contributed by atoms with Crippen molar-refractivity contribution in [2.75, 3.05) is 32.7 Å². The van der Waals surface area contributed by atoms with Gasteiger partial charge in [0.15, 0.2) is 6.10 Å². The van der Waals surface area contributed by atoms with Gasteiger partial charge in [-0.2, -0.15) is 0 Å². The lowest BCUT2D eigenvalue weighted by Gasteiger charge is -2.35. The predicted octanol–water partition coefficient (Wildman–Crippen LogP) is 2.85. The van der Waals surface area contributed by atoms with Crippen LogP contribution in [0.2, 0.25) is 0 Å². The maximum atomic E-state index is 12.7. The van der Waals surface area contributed by atoms with Crippen molar-refractivity contribution >= 4 is 12.0 Å². The summed E-state index contributed by atoms with van der Waals surface area (Å²) in [5.74, 6) is 0.983. The Morgan fingerprint density at radius 2 is 1.73 bits per heavy atom. The number of hydrogen-bond acceptors (Lipinski definition) is 3. The number of para-hydroxylation sites is 1. The molecule has 0 saturated carbocycles. The fraction of sp³-hybridized carbons (Fsp3) is 0.318. The van der Waals surface area contributed by atoms with Crippen LogP contribution < -0.4 is 4.74 Å². The molecule has 2 aromatic carbocycles. The van der Waals surface area contributed by atoms with Crippen molar-refractivity contribution in [1.29, 1.82) is 0 Å². The summed E-state index contributed by atoms with van der Waals surface area (Å²) in [6.45, 7) is 4.28. The van der Waals surface area contributed by atoms with Crippen molar-refractivity contribution in [3.05, 3.63) is 71.8 Å². The molecule has 4 rings (SSSR count). The zero-order valence-electron chi connectivity index (χ0n) is 14.9. The Hall–Kier alpha value is -2.59. The molecule has 1 atom stereocenters. The van der Waals surface area contributed by atoms with Crippen LogP contribution in [0.25, 0.3) is 6.08 Å². The summed E-state index contributed by atoms with van der Waals surface area (Å²) >= 11 is 0. The van der Waals surface area contributed by atoms with Gasteiger partial charge in [0.1, 0.15) is 5.75 Å². The minimum absolute atomic E-state index is 0.126. The topological polar surface area (TPSA) is 32.8 Å². The van der Waals surface area contributed by atoms with Gasteiger partial charge < -0.3 is 9.64 Å². The molecule has 2 aliphatic heterocycles. The molecule has 1 unspecified atom stereocenters. The quantitative estimate of drug-likeness (QED) is 0.852. The SMILES string of the molecule is O=C(C1Cc2ccccc2O1)N1CCN(C/C=C/c2ccccc2)CC1. The lowest BCUT2D eigenvalue weighted by molar-refractivity contribution is -0.139. The van der Waals surface area contributed by atoms with E-state index in [1.807, 2.05) is 47.4 Å². The van der Waals surface area contributed by atoms with E-state index in [4.69, 9.17) is 4.74 Å². The van der Waals surface area contributed by atoms with E-state index < -0.39 is 0 Å². The summed E-state index contributed by atoms with van der Waals surface area (Å²) in [4.78, 5) is 17.1. The van der Waals surface area contributed by atoms with Gasteiger partial charge in [0.25, 0.3) is 5.91 Å². The molecule has 2 aromatic rings. The van der Waals surface area contributed by atoms with Gasteiger partial charge in [-0.25, -0.2) is 0 Å². The van der Waals surface area contributed by atoms with Crippen molar-refractivity contribution in [3.63, 3.8) is 0 Å². The molecular weight excluding hydrogens is 324 g/mol. The van der Waals surface area contributed by atoms with Crippen molar-refractivity contribution in [2.24, 2.45) is 0 Å². The van der Waals surface area contributed by atoms with E-state index in [-0.39, 0.29) is 12.0 Å². The summed E-state index contributed by atoms with van der Waals surface area (Å²) in [5.41, 5.74) is 2.36. The fourth-order valence-electron chi connectivity index (χ4n) is 3.58. The largest absolute Gasteiger partial charge is 0.480 e. The number of amides is 1. The molecule has 1 amide bonds. The predicted molar refractivity (Wildman–Crippen MR) is 103 cm³/mol. The summed E-state index contributed by atoms with van der Waals surface area (Å²) < 4.78 is 5.85. The van der Waals surface area contributed by atoms with E-state index >= 15 is 0 Å². The third-order valence-corrected chi connectivity index (χ3v) is 5.08. The lowest BCUT2D eigenvalue weighted by atomic mass is 10.1. The molecule has 0 radical (unpaired) electrons. The van der Waals surface area contributed by atoms with E-state index in [1.165, 1.54) is 5.56 Å². The lowest BCUT2D eigenvalue weighted by Crippen LogP contribution is -2.52. The van der Waals surface area contributed by atoms with E-state index in [2.05, 4.69) is 29.2 Å². The Bertz CT molecular complexity index is 755. The highest BCUT2D eigenvalue weighted by atomic mass is 16.5. The average molecular weight is 348 g/mol. The van der Waals surface area contributed by atoms with Crippen LogP contribution in [0.15, 0.2) is 60.7 Å². The van der Waals surface area contributed by atoms with Crippen LogP contribution in [0.3, 0.4) is 0 Å². The highest BCUT2D eigenvalue weighted by Gasteiger charge is 2.33. The van der Waals surface area contributed by atoms with Gasteiger partial charge in [0, 0.05) is 39.1 Å². The normalized spacial score (nSPS) is 20.2. The van der Waals surface area contributed by atoms with Crippen molar-refractivity contribution in [2.45, 2.75) is 12.5 Å². The molecule has 26 heavy (non-hydrogen) atoms. The van der Waals surface area contributed by atoms with Gasteiger partial charge in [-0.05, 0) is 17.2 Å². The monoisotopic (exact) mass is 348 g/mol. The molecule has 0 aromatic heterocycles. The third kappa shape index (κ3) is 3.81. The second kappa shape index (κ2) is 7.75. The molecular formula is C22H24N2O2. The summed E-state index contributed by atoms with van der Waals surface area (Å²) in [7, 11) is 0. The van der Waals surface area contributed by atoms with Crippen LogP contribution in [-0.4, -0.2) is 54.5 Å². The number of piperazine rings is 1. The molecule has 0 spiro atoms. The van der Waals surface area contributed by atoms with Crippen LogP contribution in [0.4, 0.5) is 0 Å². The summed E-state index contributed by atoms with van der Waals surface area (Å²) in [6.07, 6.45) is 4.69. The van der Waals surface area contributed by atoms with E-state index in [0.717, 1.165) is 44.0 Å². The van der Waals surface area contributed by atoms with Gasteiger partial charge in [-0.3, -0.25) is 9.69 Å². The first kappa shape index (κ1) is 16.9. The molecule has 0 bridgehead atoms. The molecule has 134 valence electrons. The molecule has 1 fully saturated rings. The molecule has 2 heterocycles. The van der Waals surface area contributed by atoms with Crippen LogP contribution >= 0.6 is 0 Å². The van der Waals surface area contributed by atoms with Gasteiger partial charge in [-0.15, -0.1) is 0 Å². The second-order valence-corrected chi connectivity index (χ2v) is 6.86. The molecule has 2 aliphatic rings. The van der Waals surface area contributed by atoms with Crippen molar-refractivity contribution < 1.29 is 9.53 Å². The van der Waals surface area contributed by atoms with Gasteiger partial charge in [-0.1, -0.05) is 60.7 Å². The van der Waals surface area contributed by atoms with Crippen LogP contribution in [0.5, 0.6) is 5.75 Å². The number of nitrogens with zero attached hydrogens (tertiary/aromatic N) is 2. The molecule has 4 heteroatoms. The Labute approximate surface area is 154 Å². The summed E-state index contributed by atoms with van der Waals surface area (Å²) in [6, 6.07) is 18.3. The van der Waals surface area contributed by atoms with Gasteiger partial charge in [0.05, 0.1) is 0 Å². The minimum Gasteiger partial charge on any atom is -0.480 e. The molecule has 4 nitrogen and oxygen atoms in total. The zero-order chi connectivity index (χ0) is 17.8. The average Bonchev–Trinajstić information content (AvgIpc) is 3.13. The standard InChI is InChI=1S/C22H24N2O2/c25-22(21-17-19-10-4-5-11-20(19)26-21)24-15-13-23(14-16-24)12-6-9-18-7-2-1-3-8-18/h1-11,21H,12-17H2/b9-6+. The molecule has 0 aliphatic carbocycles. The molecule has 0 N–H and O–H groups in total. The van der Waals surface area contributed by atoms with Crippen molar-refractivity contribution in [3.8, 4) is 5.75 Å². The third-order valence-electron chi connectivity index (χ3n) is 5.08. The van der Waals surface area contributed by atoms with E-state index in [1.54, 1.807) is 0 Å². The number of rotatable bonds is 4. The highest BCUT2D eigenvalue weighted by molar-refractivity contribution is 5.82. The number of fused-ring (bicyclic) bond motifs is 1. The smallest absolute Gasteiger partial charge is 0.264 e. The fourth-order valence-corrected chi connectivity index (χ4v) is 3.58. The maximum Gasteiger partial charge on any atom is 0.264 e. The maximum absolute atomic E-state index is 12.7. The van der Waals surface area contributed by atoms with Gasteiger partial charge >= 0.3 is 0 Å². The number of ether oxygens (including phenoxy) is 1. The number of hydrogen-bond donors (Lipinski definition) is 0. The first-order valence-electron chi connectivity index (χ1n) is 9.27. The van der Waals surface area contributed by atoms with Crippen LogP contribution in [0, 0.1) is 0 Å². The summed E-state index contributed by atoms with van der Waals surface area (Å²) in [5, 5.41) is 0. The Kier molecular flexibility index (Phi) is 5.02. The Morgan fingerprint density at radius 1 is 1.00 bits per heavy atom. The van der Waals surface area contributed by atoms with Crippen LogP contribution in [0.1, 0.15) is 11.1 Å². The van der Waals surface area contributed by atoms with E-state index in [0.29, 0.717) is 6.42 Å². The van der Waals surface area contributed by atoms with Crippen LogP contribution in [-0.2, 0) is 11.2 Å². The first-order chi connectivity index (χ1) is 12.8. The molecule has 1 saturated heterocycles. The Balaban J connectivity index is 1.25. The number of benzene rings is 2. The van der Waals surface area contributed by atoms with Crippen molar-refractivity contribution in [1.82, 2.24) is 9.80 Å². The minimum atomic E-state index is -0.350. The van der Waals surface area contributed by atoms with Gasteiger partial charge in [0.2, 0.25) is 0 Å². The zero-order valence-corrected chi connectivity index (χ0v) is 14.9. The highest BCUT2D eigenvalue weighted by Crippen LogP contribution is 2.29. The van der Waals surface area contributed by atoms with E-state index in [9.17, 15) is 4.79 Å². The number of carbonyl (C=O) groups is 1. The second-order valence-electron chi connectivity index (χ2n) is 6.86. The first-order valence-corrected chi connectivity index (χ1v) is 9.27. The Morgan fingerprint density at radius 3 is 2.50 bits per heavy atom. The number of carbonyl (C=O) groups excluding carboxylic acids is 1.